The minimum absolute atomic E-state index is 0.163. The fourth-order valence-electron chi connectivity index (χ4n) is 10.7. The molecule has 0 aromatic heterocycles. The molecule has 0 saturated carbocycles. The maximum Gasteiger partial charge on any atom is 0.0505 e. The summed E-state index contributed by atoms with van der Waals surface area (Å²) >= 11 is 0. The quantitative estimate of drug-likeness (QED) is 0.175. The lowest BCUT2D eigenvalue weighted by molar-refractivity contribution is 0.638. The van der Waals surface area contributed by atoms with Crippen LogP contribution in [0.1, 0.15) is 49.9 Å². The second kappa shape index (κ2) is 12.7. The van der Waals surface area contributed by atoms with Gasteiger partial charge in [0, 0.05) is 33.3 Å². The first-order valence-electron chi connectivity index (χ1n) is 21.2. The zero-order chi connectivity index (χ0) is 40.3. The molecule has 2 heterocycles. The molecule has 2 heteroatoms. The van der Waals surface area contributed by atoms with Gasteiger partial charge in [-0.2, -0.15) is 0 Å². The molecule has 12 rings (SSSR count). The van der Waals surface area contributed by atoms with Crippen molar-refractivity contribution < 1.29 is 0 Å². The van der Waals surface area contributed by atoms with E-state index in [4.69, 9.17) is 0 Å². The van der Waals surface area contributed by atoms with E-state index >= 15 is 0 Å². The van der Waals surface area contributed by atoms with Crippen LogP contribution in [0.3, 0.4) is 0 Å². The summed E-state index contributed by atoms with van der Waals surface area (Å²) in [6.45, 7) is 9.42. The number of anilines is 4. The van der Waals surface area contributed by atoms with Crippen LogP contribution in [0, 0.1) is 0 Å². The summed E-state index contributed by atoms with van der Waals surface area (Å²) in [6, 6.07) is 67.9. The van der Waals surface area contributed by atoms with Crippen LogP contribution in [-0.2, 0) is 10.8 Å². The number of nitrogens with one attached hydrogen (secondary N) is 2. The average molecular weight is 769 g/mol. The van der Waals surface area contributed by atoms with Gasteiger partial charge in [-0.1, -0.05) is 173 Å². The summed E-state index contributed by atoms with van der Waals surface area (Å²) in [5, 5.41) is 17.8. The van der Waals surface area contributed by atoms with Crippen LogP contribution < -0.4 is 10.6 Å². The van der Waals surface area contributed by atoms with E-state index in [0.29, 0.717) is 0 Å². The molecule has 60 heavy (non-hydrogen) atoms. The summed E-state index contributed by atoms with van der Waals surface area (Å²) < 4.78 is 0. The van der Waals surface area contributed by atoms with Gasteiger partial charge in [0.2, 0.25) is 0 Å². The summed E-state index contributed by atoms with van der Waals surface area (Å²) in [5.41, 5.74) is 17.0. The zero-order valence-corrected chi connectivity index (χ0v) is 34.3. The predicted molar refractivity (Wildman–Crippen MR) is 256 cm³/mol. The Morgan fingerprint density at radius 3 is 1.30 bits per heavy atom. The fourth-order valence-corrected chi connectivity index (χ4v) is 10.7. The smallest absolute Gasteiger partial charge is 0.0505 e. The summed E-state index contributed by atoms with van der Waals surface area (Å²) in [6.07, 6.45) is 0. The highest BCUT2D eigenvalue weighted by molar-refractivity contribution is 6.20. The Kier molecular flexibility index (Phi) is 7.36. The number of para-hydroxylation sites is 4. The van der Waals surface area contributed by atoms with Crippen molar-refractivity contribution in [2.75, 3.05) is 10.6 Å². The molecule has 10 aromatic rings. The molecule has 2 N–H and O–H groups in total. The third-order valence-electron chi connectivity index (χ3n) is 13.8. The van der Waals surface area contributed by atoms with Crippen molar-refractivity contribution in [2.45, 2.75) is 38.5 Å². The van der Waals surface area contributed by atoms with Crippen molar-refractivity contribution in [1.29, 1.82) is 0 Å². The van der Waals surface area contributed by atoms with Gasteiger partial charge in [-0.25, -0.2) is 0 Å². The fraction of sp³-hybridized carbons (Fsp3) is 0.103. The lowest BCUT2D eigenvalue weighted by Gasteiger charge is -2.37. The molecule has 0 amide bonds. The molecular weight excluding hydrogens is 725 g/mol. The van der Waals surface area contributed by atoms with Gasteiger partial charge in [-0.05, 0) is 124 Å². The first-order valence-corrected chi connectivity index (χ1v) is 21.2. The van der Waals surface area contributed by atoms with Crippen molar-refractivity contribution in [1.82, 2.24) is 0 Å². The van der Waals surface area contributed by atoms with E-state index in [0.717, 1.165) is 0 Å². The monoisotopic (exact) mass is 768 g/mol. The molecule has 0 saturated heterocycles. The minimum Gasteiger partial charge on any atom is -0.355 e. The molecule has 10 aromatic carbocycles. The molecule has 0 fully saturated rings. The molecule has 0 unspecified atom stereocenters. The molecule has 286 valence electrons. The average Bonchev–Trinajstić information content (AvgIpc) is 3.27. The third-order valence-corrected chi connectivity index (χ3v) is 13.8. The Labute approximate surface area is 351 Å². The van der Waals surface area contributed by atoms with E-state index in [9.17, 15) is 0 Å². The highest BCUT2D eigenvalue weighted by Gasteiger charge is 2.35. The Morgan fingerprint density at radius 2 is 0.750 bits per heavy atom. The highest BCUT2D eigenvalue weighted by Crippen LogP contribution is 2.53. The number of hydrogen-bond acceptors (Lipinski definition) is 2. The molecule has 0 spiro atoms. The van der Waals surface area contributed by atoms with Crippen LogP contribution in [0.15, 0.2) is 182 Å². The first kappa shape index (κ1) is 34.8. The Bertz CT molecular complexity index is 3270. The minimum atomic E-state index is -0.163. The Balaban J connectivity index is 1.16. The Morgan fingerprint density at radius 1 is 0.317 bits per heavy atom. The lowest BCUT2D eigenvalue weighted by Crippen LogP contribution is -2.26. The predicted octanol–water partition coefficient (Wildman–Crippen LogP) is 16.1. The normalized spacial score (nSPS) is 14.5. The van der Waals surface area contributed by atoms with Gasteiger partial charge in [0.15, 0.2) is 0 Å². The SMILES string of the molecule is CC1(C)c2ccccc2Nc2c(-c3cccc4c(-c5ccc6cc7ccccc7cc6c5)c5cccc(-c6cccc7c6Nc6ccccc6C7(C)C)c5cc34)cccc21. The van der Waals surface area contributed by atoms with E-state index < -0.39 is 0 Å². The van der Waals surface area contributed by atoms with E-state index in [1.165, 1.54) is 121 Å². The van der Waals surface area contributed by atoms with Crippen molar-refractivity contribution in [3.63, 3.8) is 0 Å². The molecule has 0 radical (unpaired) electrons. The molecule has 2 aliphatic heterocycles. The summed E-state index contributed by atoms with van der Waals surface area (Å²) in [5.74, 6) is 0. The lowest BCUT2D eigenvalue weighted by atomic mass is 9.73. The number of hydrogen-bond donors (Lipinski definition) is 2. The Hall–Kier alpha value is -7.16. The van der Waals surface area contributed by atoms with Gasteiger partial charge in [-0.3, -0.25) is 0 Å². The standard InChI is InChI=1S/C58H44N2/c1-57(2)48-23-7-9-27-52(48)59-55-44(21-13-25-50(55)57)40-17-11-19-42-46(40)34-47-41(45-22-14-26-51-56(45)60-53-28-10-8-24-49(53)58(51,3)4)18-12-20-43(47)54(42)38-30-29-37-31-35-15-5-6-16-36(35)32-39(37)33-38/h5-34,59-60H,1-4H3. The van der Waals surface area contributed by atoms with Crippen molar-refractivity contribution in [3.05, 3.63) is 204 Å². The van der Waals surface area contributed by atoms with Gasteiger partial charge in [0.05, 0.1) is 11.4 Å². The molecule has 2 aliphatic rings. The summed E-state index contributed by atoms with van der Waals surface area (Å²) in [7, 11) is 0. The van der Waals surface area contributed by atoms with E-state index in [-0.39, 0.29) is 10.8 Å². The second-order valence-corrected chi connectivity index (χ2v) is 17.9. The van der Waals surface area contributed by atoms with Gasteiger partial charge in [0.1, 0.15) is 0 Å². The number of benzene rings is 10. The van der Waals surface area contributed by atoms with Crippen LogP contribution in [-0.4, -0.2) is 0 Å². The largest absolute Gasteiger partial charge is 0.355 e. The summed E-state index contributed by atoms with van der Waals surface area (Å²) in [4.78, 5) is 0. The first-order chi connectivity index (χ1) is 29.3. The van der Waals surface area contributed by atoms with Crippen molar-refractivity contribution >= 4 is 65.8 Å². The zero-order valence-electron chi connectivity index (χ0n) is 34.3. The molecule has 0 bridgehead atoms. The van der Waals surface area contributed by atoms with Gasteiger partial charge >= 0.3 is 0 Å². The van der Waals surface area contributed by atoms with Crippen LogP contribution in [0.4, 0.5) is 22.7 Å². The number of fused-ring (bicyclic) bond motifs is 8. The van der Waals surface area contributed by atoms with Crippen molar-refractivity contribution in [2.24, 2.45) is 0 Å². The molecular formula is C58H44N2. The highest BCUT2D eigenvalue weighted by atomic mass is 14.9. The molecule has 0 atom stereocenters. The maximum atomic E-state index is 3.92. The van der Waals surface area contributed by atoms with Crippen LogP contribution in [0.2, 0.25) is 0 Å². The van der Waals surface area contributed by atoms with Crippen LogP contribution in [0.25, 0.3) is 76.5 Å². The molecule has 2 nitrogen and oxygen atoms in total. The van der Waals surface area contributed by atoms with Gasteiger partial charge < -0.3 is 10.6 Å². The van der Waals surface area contributed by atoms with Gasteiger partial charge in [-0.15, -0.1) is 0 Å². The van der Waals surface area contributed by atoms with E-state index in [1.807, 2.05) is 0 Å². The molecule has 0 aliphatic carbocycles. The van der Waals surface area contributed by atoms with Crippen molar-refractivity contribution in [3.8, 4) is 33.4 Å². The van der Waals surface area contributed by atoms with E-state index in [2.05, 4.69) is 220 Å². The van der Waals surface area contributed by atoms with Crippen LogP contribution >= 0.6 is 0 Å². The van der Waals surface area contributed by atoms with E-state index in [1.54, 1.807) is 0 Å². The van der Waals surface area contributed by atoms with Gasteiger partial charge in [0.25, 0.3) is 0 Å². The maximum absolute atomic E-state index is 3.92. The van der Waals surface area contributed by atoms with Crippen LogP contribution in [0.5, 0.6) is 0 Å². The topological polar surface area (TPSA) is 24.1 Å². The third kappa shape index (κ3) is 5.01. The second-order valence-electron chi connectivity index (χ2n) is 17.9. The number of rotatable bonds is 3.